The molecule has 1 heterocycles. The molecule has 0 spiro atoms. The molecule has 22 heavy (non-hydrogen) atoms. The summed E-state index contributed by atoms with van der Waals surface area (Å²) in [5.41, 5.74) is 0.0840. The van der Waals surface area contributed by atoms with Crippen LogP contribution < -0.4 is 0 Å². The lowest BCUT2D eigenvalue weighted by Crippen LogP contribution is -2.05. The van der Waals surface area contributed by atoms with Gasteiger partial charge in [-0.3, -0.25) is 0 Å². The van der Waals surface area contributed by atoms with E-state index in [1.54, 1.807) is 0 Å². The summed E-state index contributed by atoms with van der Waals surface area (Å²) in [5, 5.41) is 0.0482. The molecular formula is C13H7NO6S2. The SMILES string of the molecule is O=C=CS(=O)(=O)c1cc(S(=O)(=O)C=C=O)c2ccccc2n1. The van der Waals surface area contributed by atoms with Gasteiger partial charge < -0.3 is 0 Å². The van der Waals surface area contributed by atoms with Gasteiger partial charge in [0.15, 0.2) is 5.03 Å². The number of fused-ring (bicyclic) bond motifs is 1. The maximum atomic E-state index is 12.1. The molecule has 1 aromatic carbocycles. The van der Waals surface area contributed by atoms with Crippen LogP contribution in [0.2, 0.25) is 0 Å². The van der Waals surface area contributed by atoms with Gasteiger partial charge in [0.05, 0.1) is 10.4 Å². The summed E-state index contributed by atoms with van der Waals surface area (Å²) >= 11 is 0. The number of rotatable bonds is 4. The fraction of sp³-hybridized carbons (Fsp3) is 0. The van der Waals surface area contributed by atoms with Crippen LogP contribution in [-0.4, -0.2) is 33.7 Å². The molecular weight excluding hydrogens is 330 g/mol. The lowest BCUT2D eigenvalue weighted by molar-refractivity contribution is 0.567. The summed E-state index contributed by atoms with van der Waals surface area (Å²) in [6, 6.07) is 6.68. The first-order valence-corrected chi connectivity index (χ1v) is 8.73. The van der Waals surface area contributed by atoms with Crippen LogP contribution in [0.3, 0.4) is 0 Å². The van der Waals surface area contributed by atoms with Crippen LogP contribution in [0.4, 0.5) is 0 Å². The van der Waals surface area contributed by atoms with E-state index in [0.29, 0.717) is 5.41 Å². The average molecular weight is 337 g/mol. The number of aromatic nitrogens is 1. The molecule has 0 aliphatic rings. The Morgan fingerprint density at radius 3 is 2.14 bits per heavy atom. The average Bonchev–Trinajstić information content (AvgIpc) is 2.46. The molecule has 0 fully saturated rings. The van der Waals surface area contributed by atoms with Crippen molar-refractivity contribution in [1.82, 2.24) is 4.98 Å². The normalized spacial score (nSPS) is 11.5. The highest BCUT2D eigenvalue weighted by Crippen LogP contribution is 2.26. The summed E-state index contributed by atoms with van der Waals surface area (Å²) in [6.07, 6.45) is 0. The molecule has 0 aliphatic carbocycles. The summed E-state index contributed by atoms with van der Waals surface area (Å²) in [7, 11) is -8.44. The van der Waals surface area contributed by atoms with Gasteiger partial charge in [0.1, 0.15) is 22.7 Å². The highest BCUT2D eigenvalue weighted by molar-refractivity contribution is 7.95. The summed E-state index contributed by atoms with van der Waals surface area (Å²) in [5.74, 6) is 2.27. The Morgan fingerprint density at radius 1 is 0.909 bits per heavy atom. The zero-order chi connectivity index (χ0) is 16.4. The Bertz CT molecular complexity index is 1060. The van der Waals surface area contributed by atoms with Crippen molar-refractivity contribution in [3.8, 4) is 0 Å². The molecule has 7 nitrogen and oxygen atoms in total. The van der Waals surface area contributed by atoms with Crippen LogP contribution in [0, 0.1) is 0 Å². The number of nitrogens with zero attached hydrogens (tertiary/aromatic N) is 1. The Morgan fingerprint density at radius 2 is 1.50 bits per heavy atom. The fourth-order valence-corrected chi connectivity index (χ4v) is 3.59. The summed E-state index contributed by atoms with van der Waals surface area (Å²) in [4.78, 5) is 24.0. The molecule has 0 saturated heterocycles. The van der Waals surface area contributed by atoms with E-state index < -0.39 is 29.6 Å². The molecule has 112 valence electrons. The zero-order valence-corrected chi connectivity index (χ0v) is 12.4. The van der Waals surface area contributed by atoms with Gasteiger partial charge in [0.2, 0.25) is 19.7 Å². The first kappa shape index (κ1) is 15.8. The minimum absolute atomic E-state index is 0.0840. The highest BCUT2D eigenvalue weighted by atomic mass is 32.2. The lowest BCUT2D eigenvalue weighted by Gasteiger charge is -2.06. The summed E-state index contributed by atoms with van der Waals surface area (Å²) < 4.78 is 47.8. The van der Waals surface area contributed by atoms with Crippen molar-refractivity contribution in [3.05, 3.63) is 41.1 Å². The van der Waals surface area contributed by atoms with Gasteiger partial charge in [-0.1, -0.05) is 18.2 Å². The Hall–Kier alpha value is -2.57. The van der Waals surface area contributed by atoms with E-state index in [9.17, 15) is 26.4 Å². The Labute approximate surface area is 125 Å². The molecule has 2 aromatic rings. The van der Waals surface area contributed by atoms with Crippen molar-refractivity contribution in [3.63, 3.8) is 0 Å². The van der Waals surface area contributed by atoms with Crippen LogP contribution in [0.15, 0.2) is 51.1 Å². The number of sulfone groups is 2. The van der Waals surface area contributed by atoms with Crippen molar-refractivity contribution in [2.45, 2.75) is 9.92 Å². The number of para-hydroxylation sites is 1. The van der Waals surface area contributed by atoms with Gasteiger partial charge in [-0.15, -0.1) is 0 Å². The molecule has 0 atom stereocenters. The minimum atomic E-state index is -4.24. The quantitative estimate of drug-likeness (QED) is 0.745. The van der Waals surface area contributed by atoms with Crippen molar-refractivity contribution in [1.29, 1.82) is 0 Å². The lowest BCUT2D eigenvalue weighted by atomic mass is 10.2. The highest BCUT2D eigenvalue weighted by Gasteiger charge is 2.22. The molecule has 0 aliphatic heterocycles. The monoisotopic (exact) mass is 337 g/mol. The number of hydrogen-bond acceptors (Lipinski definition) is 7. The molecule has 0 radical (unpaired) electrons. The van der Waals surface area contributed by atoms with E-state index in [2.05, 4.69) is 4.98 Å². The second-order valence-electron chi connectivity index (χ2n) is 4.04. The second kappa shape index (κ2) is 5.67. The van der Waals surface area contributed by atoms with E-state index in [4.69, 9.17) is 0 Å². The van der Waals surface area contributed by atoms with Crippen molar-refractivity contribution in [2.75, 3.05) is 0 Å². The van der Waals surface area contributed by atoms with Crippen LogP contribution in [0.5, 0.6) is 0 Å². The standard InChI is InChI=1S/C13H7NO6S2/c15-5-7-21(17,18)12-9-13(22(19,20)8-6-16)14-11-4-2-1-3-10(11)12/h1-4,7-9H. The molecule has 0 N–H and O–H groups in total. The van der Waals surface area contributed by atoms with Crippen LogP contribution >= 0.6 is 0 Å². The van der Waals surface area contributed by atoms with Gasteiger partial charge in [-0.05, 0) is 12.1 Å². The maximum absolute atomic E-state index is 12.1. The summed E-state index contributed by atoms with van der Waals surface area (Å²) in [6.45, 7) is 0. The van der Waals surface area contributed by atoms with Crippen LogP contribution in [0.25, 0.3) is 10.9 Å². The first-order chi connectivity index (χ1) is 10.3. The Kier molecular flexibility index (Phi) is 4.07. The number of hydrogen-bond donors (Lipinski definition) is 0. The topological polar surface area (TPSA) is 115 Å². The molecule has 0 saturated carbocycles. The van der Waals surface area contributed by atoms with E-state index in [-0.39, 0.29) is 16.3 Å². The third-order valence-electron chi connectivity index (χ3n) is 2.66. The molecule has 1 aromatic heterocycles. The molecule has 0 bridgehead atoms. The first-order valence-electron chi connectivity index (χ1n) is 5.63. The van der Waals surface area contributed by atoms with E-state index >= 15 is 0 Å². The number of benzene rings is 1. The van der Waals surface area contributed by atoms with Gasteiger partial charge in [-0.25, -0.2) is 31.4 Å². The van der Waals surface area contributed by atoms with E-state index in [1.807, 2.05) is 0 Å². The number of carbonyl (C=O) groups excluding carboxylic acids is 2. The maximum Gasteiger partial charge on any atom is 0.227 e. The van der Waals surface area contributed by atoms with Crippen LogP contribution in [-0.2, 0) is 29.3 Å². The third-order valence-corrected chi connectivity index (χ3v) is 5.22. The van der Waals surface area contributed by atoms with Crippen molar-refractivity contribution >= 4 is 42.5 Å². The predicted molar refractivity (Wildman–Crippen MR) is 76.6 cm³/mol. The van der Waals surface area contributed by atoms with Gasteiger partial charge in [0, 0.05) is 5.39 Å². The van der Waals surface area contributed by atoms with Crippen LogP contribution in [0.1, 0.15) is 0 Å². The predicted octanol–water partition coefficient (Wildman–Crippen LogP) is 0.473. The smallest absolute Gasteiger partial charge is 0.227 e. The van der Waals surface area contributed by atoms with Gasteiger partial charge >= 0.3 is 0 Å². The van der Waals surface area contributed by atoms with Gasteiger partial charge in [0.25, 0.3) is 0 Å². The van der Waals surface area contributed by atoms with E-state index in [0.717, 1.165) is 17.9 Å². The second-order valence-corrected chi connectivity index (χ2v) is 7.55. The molecule has 0 amide bonds. The third kappa shape index (κ3) is 2.88. The Balaban J connectivity index is 2.98. The largest absolute Gasteiger partial charge is 0.236 e. The van der Waals surface area contributed by atoms with Gasteiger partial charge in [-0.2, -0.15) is 0 Å². The molecule has 2 rings (SSSR count). The van der Waals surface area contributed by atoms with Crippen molar-refractivity contribution < 1.29 is 26.4 Å². The minimum Gasteiger partial charge on any atom is -0.236 e. The fourth-order valence-electron chi connectivity index (χ4n) is 1.75. The molecule has 0 unspecified atom stereocenters. The van der Waals surface area contributed by atoms with Crippen molar-refractivity contribution in [2.24, 2.45) is 0 Å². The molecule has 9 heteroatoms. The zero-order valence-electron chi connectivity index (χ0n) is 10.8. The van der Waals surface area contributed by atoms with E-state index in [1.165, 1.54) is 24.3 Å². The number of pyridine rings is 1.